The van der Waals surface area contributed by atoms with Gasteiger partial charge in [0.05, 0.1) is 5.69 Å². The van der Waals surface area contributed by atoms with Crippen LogP contribution in [0.15, 0.2) is 21.7 Å². The molecule has 1 heterocycles. The molecular weight excluding hydrogens is 265 g/mol. The molecule has 0 amide bonds. The lowest BCUT2D eigenvalue weighted by Crippen LogP contribution is -2.31. The van der Waals surface area contributed by atoms with Gasteiger partial charge < -0.3 is 5.11 Å². The zero-order valence-electron chi connectivity index (χ0n) is 9.50. The second kappa shape index (κ2) is 4.30. The molecule has 0 radical (unpaired) electrons. The highest BCUT2D eigenvalue weighted by molar-refractivity contribution is 5.39. The van der Waals surface area contributed by atoms with Crippen LogP contribution < -0.4 is 11.2 Å². The third-order valence-corrected chi connectivity index (χ3v) is 2.50. The quantitative estimate of drug-likeness (QED) is 0.811. The van der Waals surface area contributed by atoms with E-state index in [4.69, 9.17) is 0 Å². The Morgan fingerprint density at radius 2 is 1.79 bits per heavy atom. The summed E-state index contributed by atoms with van der Waals surface area (Å²) in [5.74, 6) is -4.96. The molecule has 5 nitrogen and oxygen atoms in total. The van der Waals surface area contributed by atoms with E-state index in [1.54, 1.807) is 0 Å². The minimum Gasteiger partial charge on any atom is -0.492 e. The maximum atomic E-state index is 13.7. The van der Waals surface area contributed by atoms with E-state index in [1.807, 2.05) is 0 Å². The summed E-state index contributed by atoms with van der Waals surface area (Å²) < 4.78 is 40.3. The molecule has 0 bridgehead atoms. The monoisotopic (exact) mass is 272 g/mol. The summed E-state index contributed by atoms with van der Waals surface area (Å²) in [6.07, 6.45) is 0. The number of nitrogens with zero attached hydrogens (tertiary/aromatic N) is 1. The van der Waals surface area contributed by atoms with Crippen molar-refractivity contribution < 1.29 is 18.3 Å². The minimum atomic E-state index is -1.67. The van der Waals surface area contributed by atoms with Crippen molar-refractivity contribution >= 4 is 0 Å². The molecule has 2 rings (SSSR count). The van der Waals surface area contributed by atoms with Gasteiger partial charge in [-0.2, -0.15) is 4.39 Å². The first-order valence-corrected chi connectivity index (χ1v) is 5.02. The van der Waals surface area contributed by atoms with Crippen molar-refractivity contribution in [1.29, 1.82) is 0 Å². The summed E-state index contributed by atoms with van der Waals surface area (Å²) in [6, 6.07) is 1.39. The molecule has 1 aromatic heterocycles. The summed E-state index contributed by atoms with van der Waals surface area (Å²) in [6.45, 7) is 1.29. The number of nitrogens with one attached hydrogen (secondary N) is 1. The topological polar surface area (TPSA) is 75.1 Å². The molecule has 0 fully saturated rings. The van der Waals surface area contributed by atoms with Crippen LogP contribution in [0.5, 0.6) is 5.88 Å². The molecule has 0 saturated heterocycles. The highest BCUT2D eigenvalue weighted by atomic mass is 19.1. The number of hydrogen-bond donors (Lipinski definition) is 2. The molecule has 0 spiro atoms. The predicted molar refractivity (Wildman–Crippen MR) is 58.9 cm³/mol. The van der Waals surface area contributed by atoms with E-state index in [0.717, 1.165) is 6.07 Å². The maximum absolute atomic E-state index is 13.7. The molecule has 0 atom stereocenters. The predicted octanol–water partition coefficient (Wildman–Crippen LogP) is 0.957. The van der Waals surface area contributed by atoms with Gasteiger partial charge in [0, 0.05) is 6.07 Å². The molecule has 1 aromatic carbocycles. The molecule has 2 aromatic rings. The van der Waals surface area contributed by atoms with E-state index >= 15 is 0 Å². The Bertz CT molecular complexity index is 780. The Kier molecular flexibility index (Phi) is 2.93. The maximum Gasteiger partial charge on any atom is 0.336 e. The van der Waals surface area contributed by atoms with Gasteiger partial charge in [0.2, 0.25) is 11.7 Å². The molecular formula is C11H7F3N2O3. The number of aromatic amines is 1. The summed E-state index contributed by atoms with van der Waals surface area (Å²) in [5.41, 5.74) is -3.47. The van der Waals surface area contributed by atoms with Crippen LogP contribution in [-0.2, 0) is 0 Å². The van der Waals surface area contributed by atoms with Gasteiger partial charge in [-0.05, 0) is 18.6 Å². The zero-order valence-corrected chi connectivity index (χ0v) is 9.50. The van der Waals surface area contributed by atoms with E-state index in [2.05, 4.69) is 0 Å². The van der Waals surface area contributed by atoms with Crippen molar-refractivity contribution in [3.8, 4) is 11.6 Å². The summed E-state index contributed by atoms with van der Waals surface area (Å²) in [4.78, 5) is 23.9. The van der Waals surface area contributed by atoms with Crippen LogP contribution in [0.25, 0.3) is 5.69 Å². The van der Waals surface area contributed by atoms with E-state index in [9.17, 15) is 27.9 Å². The fourth-order valence-electron chi connectivity index (χ4n) is 1.53. The molecule has 8 heteroatoms. The largest absolute Gasteiger partial charge is 0.492 e. The summed E-state index contributed by atoms with van der Waals surface area (Å²) in [7, 11) is 0. The van der Waals surface area contributed by atoms with Gasteiger partial charge in [-0.3, -0.25) is 9.78 Å². The number of halogens is 3. The van der Waals surface area contributed by atoms with Gasteiger partial charge in [-0.25, -0.2) is 18.1 Å². The lowest BCUT2D eigenvalue weighted by Gasteiger charge is -2.10. The van der Waals surface area contributed by atoms with Gasteiger partial charge in [-0.15, -0.1) is 0 Å². The first-order chi connectivity index (χ1) is 8.82. The van der Waals surface area contributed by atoms with E-state index in [1.165, 1.54) is 11.9 Å². The van der Waals surface area contributed by atoms with Crippen LogP contribution in [0.2, 0.25) is 0 Å². The standard InChI is InChI=1S/C11H7F3N2O3/c1-4-2-6(13)7(3-5(4)12)16-10(18)8(14)9(17)15-11(16)19/h2-3,18H,1H3,(H,15,17,19). The Hall–Kier alpha value is -2.51. The van der Waals surface area contributed by atoms with E-state index in [-0.39, 0.29) is 10.1 Å². The van der Waals surface area contributed by atoms with Crippen LogP contribution in [0.1, 0.15) is 5.56 Å². The van der Waals surface area contributed by atoms with Crippen LogP contribution in [0.4, 0.5) is 13.2 Å². The SMILES string of the molecule is Cc1cc(F)c(-n2c(O)c(F)c(=O)[nH]c2=O)cc1F. The van der Waals surface area contributed by atoms with Crippen molar-refractivity contribution in [2.45, 2.75) is 6.92 Å². The van der Waals surface area contributed by atoms with Crippen molar-refractivity contribution in [2.24, 2.45) is 0 Å². The lowest BCUT2D eigenvalue weighted by atomic mass is 10.2. The van der Waals surface area contributed by atoms with Crippen molar-refractivity contribution in [3.05, 3.63) is 56.0 Å². The first kappa shape index (κ1) is 12.9. The third kappa shape index (κ3) is 2.01. The molecule has 0 saturated carbocycles. The Balaban J connectivity index is 2.88. The van der Waals surface area contributed by atoms with Gasteiger partial charge in [-0.1, -0.05) is 0 Å². The molecule has 0 unspecified atom stereocenters. The molecule has 0 aliphatic carbocycles. The number of hydrogen-bond acceptors (Lipinski definition) is 3. The van der Waals surface area contributed by atoms with Crippen LogP contribution in [-0.4, -0.2) is 14.7 Å². The van der Waals surface area contributed by atoms with Crippen LogP contribution >= 0.6 is 0 Å². The lowest BCUT2D eigenvalue weighted by molar-refractivity contribution is 0.383. The van der Waals surface area contributed by atoms with Crippen molar-refractivity contribution in [1.82, 2.24) is 9.55 Å². The third-order valence-electron chi connectivity index (χ3n) is 2.50. The Morgan fingerprint density at radius 3 is 2.42 bits per heavy atom. The van der Waals surface area contributed by atoms with Crippen LogP contribution in [0, 0.1) is 24.4 Å². The number of H-pyrrole nitrogens is 1. The molecule has 0 aliphatic heterocycles. The first-order valence-electron chi connectivity index (χ1n) is 5.02. The van der Waals surface area contributed by atoms with Gasteiger partial charge in [0.25, 0.3) is 5.56 Å². The highest BCUT2D eigenvalue weighted by Crippen LogP contribution is 2.21. The Labute approximate surface area is 103 Å². The Morgan fingerprint density at radius 1 is 1.16 bits per heavy atom. The van der Waals surface area contributed by atoms with Gasteiger partial charge in [0.15, 0.2) is 0 Å². The van der Waals surface area contributed by atoms with E-state index in [0.29, 0.717) is 6.07 Å². The fraction of sp³-hybridized carbons (Fsp3) is 0.0909. The average Bonchev–Trinajstić information content (AvgIpc) is 2.33. The minimum absolute atomic E-state index is 0.0290. The van der Waals surface area contributed by atoms with Crippen LogP contribution in [0.3, 0.4) is 0 Å². The number of aryl methyl sites for hydroxylation is 1. The number of benzene rings is 1. The van der Waals surface area contributed by atoms with Gasteiger partial charge in [0.1, 0.15) is 11.6 Å². The second-order valence-electron chi connectivity index (χ2n) is 3.79. The second-order valence-corrected chi connectivity index (χ2v) is 3.79. The number of aromatic nitrogens is 2. The molecule has 100 valence electrons. The summed E-state index contributed by atoms with van der Waals surface area (Å²) in [5, 5.41) is 9.38. The van der Waals surface area contributed by atoms with E-state index < -0.39 is 40.3 Å². The van der Waals surface area contributed by atoms with Crippen molar-refractivity contribution in [2.75, 3.05) is 0 Å². The smallest absolute Gasteiger partial charge is 0.336 e. The number of aromatic hydroxyl groups is 1. The number of rotatable bonds is 1. The zero-order chi connectivity index (χ0) is 14.3. The highest BCUT2D eigenvalue weighted by Gasteiger charge is 2.19. The molecule has 19 heavy (non-hydrogen) atoms. The molecule has 2 N–H and O–H groups in total. The summed E-state index contributed by atoms with van der Waals surface area (Å²) >= 11 is 0. The van der Waals surface area contributed by atoms with Crippen molar-refractivity contribution in [3.63, 3.8) is 0 Å². The average molecular weight is 272 g/mol. The van der Waals surface area contributed by atoms with Gasteiger partial charge >= 0.3 is 5.69 Å². The fourth-order valence-corrected chi connectivity index (χ4v) is 1.53. The normalized spacial score (nSPS) is 10.7. The molecule has 0 aliphatic rings.